The number of rotatable bonds is 4. The molecule has 6 nitrogen and oxygen atoms in total. The molecule has 2 aliphatic heterocycles. The van der Waals surface area contributed by atoms with Gasteiger partial charge in [0, 0.05) is 12.0 Å². The van der Waals surface area contributed by atoms with Crippen molar-refractivity contribution in [2.75, 3.05) is 13.1 Å². The van der Waals surface area contributed by atoms with E-state index in [-0.39, 0.29) is 0 Å². The third kappa shape index (κ3) is 2.62. The number of primary amides is 1. The molecule has 128 valence electrons. The molecule has 0 aromatic heterocycles. The van der Waals surface area contributed by atoms with Crippen LogP contribution in [0, 0.1) is 0 Å². The van der Waals surface area contributed by atoms with Gasteiger partial charge in [0.2, 0.25) is 5.91 Å². The van der Waals surface area contributed by atoms with Gasteiger partial charge >= 0.3 is 0 Å². The van der Waals surface area contributed by atoms with Gasteiger partial charge in [-0.2, -0.15) is 0 Å². The quantitative estimate of drug-likeness (QED) is 0.917. The Morgan fingerprint density at radius 2 is 1.88 bits per heavy atom. The Bertz CT molecular complexity index is 802. The predicted molar refractivity (Wildman–Crippen MR) is 96.0 cm³/mol. The Balaban J connectivity index is 1.87. The largest absolute Gasteiger partial charge is 0.366 e. The maximum atomic E-state index is 12.4. The number of amides is 1. The highest BCUT2D eigenvalue weighted by molar-refractivity contribution is 6.17. The monoisotopic (exact) mass is 335 g/mol. The van der Waals surface area contributed by atoms with Gasteiger partial charge in [-0.15, -0.1) is 10.2 Å². The Morgan fingerprint density at radius 3 is 2.60 bits per heavy atom. The van der Waals surface area contributed by atoms with E-state index in [0.717, 1.165) is 42.9 Å². The first-order valence-corrected chi connectivity index (χ1v) is 8.72. The van der Waals surface area contributed by atoms with E-state index >= 15 is 0 Å². The number of hydrogen-bond acceptors (Lipinski definition) is 5. The van der Waals surface area contributed by atoms with Gasteiger partial charge in [0.1, 0.15) is 16.9 Å². The maximum absolute atomic E-state index is 12.4. The molecule has 6 heteroatoms. The lowest BCUT2D eigenvalue weighted by Gasteiger charge is -2.47. The molecule has 0 spiro atoms. The van der Waals surface area contributed by atoms with Crippen molar-refractivity contribution in [2.24, 2.45) is 21.2 Å². The topological polar surface area (TPSA) is 83.4 Å². The molecule has 1 aliphatic carbocycles. The van der Waals surface area contributed by atoms with Gasteiger partial charge in [0.25, 0.3) is 0 Å². The molecular weight excluding hydrogens is 314 g/mol. The molecule has 1 aromatic rings. The molecule has 0 radical (unpaired) electrons. The van der Waals surface area contributed by atoms with Crippen molar-refractivity contribution >= 4 is 11.6 Å². The molecule has 1 amide bonds. The lowest BCUT2D eigenvalue weighted by Crippen LogP contribution is -2.61. The Labute approximate surface area is 146 Å². The molecule has 0 saturated carbocycles. The highest BCUT2D eigenvalue weighted by Gasteiger charge is 2.51. The van der Waals surface area contributed by atoms with Crippen LogP contribution in [0.1, 0.15) is 24.8 Å². The molecule has 0 bridgehead atoms. The molecule has 3 aliphatic rings. The number of nitrogens with two attached hydrogens (primary N) is 1. The summed E-state index contributed by atoms with van der Waals surface area (Å²) >= 11 is 0. The molecule has 1 unspecified atom stereocenters. The highest BCUT2D eigenvalue weighted by Crippen LogP contribution is 2.40. The van der Waals surface area contributed by atoms with Crippen molar-refractivity contribution in [3.8, 4) is 0 Å². The number of carbonyl (C=O) groups is 1. The van der Waals surface area contributed by atoms with Crippen molar-refractivity contribution in [3.63, 3.8) is 0 Å². The maximum Gasteiger partial charge on any atom is 0.246 e. The van der Waals surface area contributed by atoms with E-state index < -0.39 is 11.4 Å². The van der Waals surface area contributed by atoms with Gasteiger partial charge in [0.15, 0.2) is 0 Å². The molecular formula is C19H21N5O. The van der Waals surface area contributed by atoms with Gasteiger partial charge in [-0.05, 0) is 48.9 Å². The first kappa shape index (κ1) is 15.9. The van der Waals surface area contributed by atoms with Crippen LogP contribution in [0.4, 0.5) is 0 Å². The van der Waals surface area contributed by atoms with Gasteiger partial charge in [-0.25, -0.2) is 0 Å². The van der Waals surface area contributed by atoms with Crippen LogP contribution in [0.5, 0.6) is 0 Å². The van der Waals surface area contributed by atoms with Crippen LogP contribution in [0.25, 0.3) is 0 Å². The number of benzene rings is 1. The second kappa shape index (κ2) is 6.37. The van der Waals surface area contributed by atoms with Gasteiger partial charge in [-0.3, -0.25) is 9.69 Å². The summed E-state index contributed by atoms with van der Waals surface area (Å²) in [6.07, 6.45) is 7.63. The summed E-state index contributed by atoms with van der Waals surface area (Å²) in [6.45, 7) is 1.81. The minimum atomic E-state index is -0.693. The number of fused-ring (bicyclic) bond motifs is 1. The van der Waals surface area contributed by atoms with Crippen molar-refractivity contribution in [3.05, 3.63) is 59.3 Å². The predicted octanol–water partition coefficient (Wildman–Crippen LogP) is 2.58. The third-order valence-corrected chi connectivity index (χ3v) is 5.25. The second-order valence-corrected chi connectivity index (χ2v) is 6.70. The smallest absolute Gasteiger partial charge is 0.246 e. The van der Waals surface area contributed by atoms with E-state index in [4.69, 9.17) is 5.73 Å². The molecule has 1 aromatic carbocycles. The molecule has 4 rings (SSSR count). The van der Waals surface area contributed by atoms with Crippen LogP contribution >= 0.6 is 0 Å². The number of piperidine rings is 1. The zero-order chi connectivity index (χ0) is 17.3. The fraction of sp³-hybridized carbons (Fsp3) is 0.368. The minimum Gasteiger partial charge on any atom is -0.366 e. The number of carbonyl (C=O) groups excluding carboxylic acids is 1. The van der Waals surface area contributed by atoms with E-state index in [1.165, 1.54) is 6.42 Å². The Hall–Kier alpha value is -2.60. The first-order valence-electron chi connectivity index (χ1n) is 8.72. The second-order valence-electron chi connectivity index (χ2n) is 6.70. The normalized spacial score (nSPS) is 25.8. The van der Waals surface area contributed by atoms with Crippen molar-refractivity contribution in [1.82, 2.24) is 4.90 Å². The first-order chi connectivity index (χ1) is 12.2. The van der Waals surface area contributed by atoms with E-state index in [2.05, 4.69) is 32.5 Å². The summed E-state index contributed by atoms with van der Waals surface area (Å²) in [5.74, 6) is -0.411. The zero-order valence-electron chi connectivity index (χ0n) is 14.1. The van der Waals surface area contributed by atoms with E-state index in [0.29, 0.717) is 12.0 Å². The summed E-state index contributed by atoms with van der Waals surface area (Å²) in [5.41, 5.74) is 8.30. The zero-order valence-corrected chi connectivity index (χ0v) is 14.1. The lowest BCUT2D eigenvalue weighted by molar-refractivity contribution is -0.115. The fourth-order valence-corrected chi connectivity index (χ4v) is 4.11. The Kier molecular flexibility index (Phi) is 4.05. The molecule has 25 heavy (non-hydrogen) atoms. The number of nitrogens with zero attached hydrogens (tertiary/aromatic N) is 4. The summed E-state index contributed by atoms with van der Waals surface area (Å²) in [7, 11) is 0. The van der Waals surface area contributed by atoms with Crippen LogP contribution in [0.3, 0.4) is 0 Å². The van der Waals surface area contributed by atoms with Gasteiger partial charge < -0.3 is 5.73 Å². The number of hydrogen-bond donors (Lipinski definition) is 1. The van der Waals surface area contributed by atoms with Crippen molar-refractivity contribution in [1.29, 1.82) is 0 Å². The standard InChI is InChI=1S/C19H21N5O/c20-18(25)15-9-10-16-17(22-23-21-16)19(15,24-11-5-2-6-12-24)13-14-7-3-1-4-8-14/h1,3-4,7-10H,2,5-6,11-13H2,(H2,20,25). The molecule has 1 fully saturated rings. The van der Waals surface area contributed by atoms with Crippen LogP contribution in [-0.2, 0) is 11.2 Å². The van der Waals surface area contributed by atoms with Crippen molar-refractivity contribution < 1.29 is 4.79 Å². The van der Waals surface area contributed by atoms with Crippen LogP contribution in [-0.4, -0.2) is 35.1 Å². The molecule has 2 N–H and O–H groups in total. The van der Waals surface area contributed by atoms with Crippen LogP contribution in [0.15, 0.2) is 69.2 Å². The molecule has 1 atom stereocenters. The summed E-state index contributed by atoms with van der Waals surface area (Å²) in [6, 6.07) is 10.2. The summed E-state index contributed by atoms with van der Waals surface area (Å²) < 4.78 is 0. The van der Waals surface area contributed by atoms with E-state index in [1.54, 1.807) is 12.2 Å². The average molecular weight is 335 g/mol. The average Bonchev–Trinajstić information content (AvgIpc) is 3.13. The van der Waals surface area contributed by atoms with Gasteiger partial charge in [-0.1, -0.05) is 36.8 Å². The molecule has 1 saturated heterocycles. The van der Waals surface area contributed by atoms with E-state index in [9.17, 15) is 4.79 Å². The van der Waals surface area contributed by atoms with Gasteiger partial charge in [0.05, 0.1) is 0 Å². The number of likely N-dealkylation sites (tertiary alicyclic amines) is 1. The molecule has 2 heterocycles. The number of allylic oxidation sites excluding steroid dienone is 2. The SMILES string of the molecule is NC(=O)C1=CC=C2N=NN=C2C1(Cc1ccccc1)N1CCCCC1. The highest BCUT2D eigenvalue weighted by atomic mass is 16.1. The van der Waals surface area contributed by atoms with Crippen LogP contribution < -0.4 is 5.73 Å². The summed E-state index contributed by atoms with van der Waals surface area (Å²) in [4.78, 5) is 14.7. The summed E-state index contributed by atoms with van der Waals surface area (Å²) in [5, 5.41) is 12.4. The lowest BCUT2D eigenvalue weighted by atomic mass is 9.73. The van der Waals surface area contributed by atoms with Crippen LogP contribution in [0.2, 0.25) is 0 Å². The van der Waals surface area contributed by atoms with E-state index in [1.807, 2.05) is 18.2 Å². The third-order valence-electron chi connectivity index (χ3n) is 5.25. The van der Waals surface area contributed by atoms with Crippen molar-refractivity contribution in [2.45, 2.75) is 31.2 Å². The fourth-order valence-electron chi connectivity index (χ4n) is 4.11. The minimum absolute atomic E-state index is 0.411. The Morgan fingerprint density at radius 1 is 1.12 bits per heavy atom.